The molecule has 0 bridgehead atoms. The fraction of sp³-hybridized carbons (Fsp3) is 0.273. The molecule has 0 heterocycles. The first-order valence-corrected chi connectivity index (χ1v) is 6.72. The van der Waals surface area contributed by atoms with Crippen LogP contribution in [0, 0.1) is 17.2 Å². The zero-order chi connectivity index (χ0) is 14.6. The van der Waals surface area contributed by atoms with Gasteiger partial charge < -0.3 is 10.2 Å². The molecule has 8 heteroatoms. The van der Waals surface area contributed by atoms with E-state index in [-0.39, 0.29) is 11.4 Å². The minimum absolute atomic E-state index is 0.0812. The minimum atomic E-state index is -3.91. The van der Waals surface area contributed by atoms with Gasteiger partial charge in [0.1, 0.15) is 11.3 Å². The number of aromatic carboxylic acids is 1. The van der Waals surface area contributed by atoms with E-state index in [9.17, 15) is 18.3 Å². The summed E-state index contributed by atoms with van der Waals surface area (Å²) in [4.78, 5) is 10.5. The molecule has 0 spiro atoms. The molecule has 0 aliphatic carbocycles. The quantitative estimate of drug-likeness (QED) is 0.723. The molecule has 0 saturated carbocycles. The van der Waals surface area contributed by atoms with Crippen molar-refractivity contribution in [3.05, 3.63) is 23.8 Å². The molecular formula is C11H12N2O5S. The smallest absolute Gasteiger partial charge is 0.339 e. The molecule has 1 atom stereocenters. The van der Waals surface area contributed by atoms with Gasteiger partial charge in [-0.15, -0.1) is 0 Å². The van der Waals surface area contributed by atoms with Gasteiger partial charge in [0.15, 0.2) is 0 Å². The lowest BCUT2D eigenvalue weighted by Gasteiger charge is -2.08. The second-order valence-electron chi connectivity index (χ2n) is 3.87. The molecule has 1 aromatic rings. The summed E-state index contributed by atoms with van der Waals surface area (Å²) in [6.07, 6.45) is 0. The van der Waals surface area contributed by atoms with Gasteiger partial charge in [-0.1, -0.05) is 0 Å². The largest absolute Gasteiger partial charge is 0.507 e. The maximum atomic E-state index is 11.8. The standard InChI is InChI=1S/C11H12N2O5S/c1-7(5-12)6-13-19(17,18)8-2-3-10(14)9(4-8)11(15)16/h2-4,7,13-14H,6H2,1H3,(H,15,16). The first kappa shape index (κ1) is 14.9. The predicted molar refractivity (Wildman–Crippen MR) is 65.0 cm³/mol. The Morgan fingerprint density at radius 2 is 2.16 bits per heavy atom. The summed E-state index contributed by atoms with van der Waals surface area (Å²) >= 11 is 0. The van der Waals surface area contributed by atoms with Crippen LogP contribution in [0.5, 0.6) is 5.75 Å². The predicted octanol–water partition coefficient (Wildman–Crippen LogP) is 0.528. The number of sulfonamides is 1. The van der Waals surface area contributed by atoms with E-state index in [2.05, 4.69) is 4.72 Å². The molecule has 19 heavy (non-hydrogen) atoms. The Labute approximate surface area is 110 Å². The van der Waals surface area contributed by atoms with Crippen LogP contribution in [-0.4, -0.2) is 31.1 Å². The number of hydrogen-bond acceptors (Lipinski definition) is 5. The highest BCUT2D eigenvalue weighted by atomic mass is 32.2. The van der Waals surface area contributed by atoms with Crippen molar-refractivity contribution in [2.24, 2.45) is 5.92 Å². The van der Waals surface area contributed by atoms with E-state index >= 15 is 0 Å². The summed E-state index contributed by atoms with van der Waals surface area (Å²) in [6, 6.07) is 4.80. The van der Waals surface area contributed by atoms with Gasteiger partial charge in [0.05, 0.1) is 16.9 Å². The highest BCUT2D eigenvalue weighted by Gasteiger charge is 2.19. The Balaban J connectivity index is 3.06. The average Bonchev–Trinajstić information content (AvgIpc) is 2.35. The van der Waals surface area contributed by atoms with E-state index in [1.807, 2.05) is 6.07 Å². The van der Waals surface area contributed by atoms with Crippen LogP contribution in [0.3, 0.4) is 0 Å². The second-order valence-corrected chi connectivity index (χ2v) is 5.63. The van der Waals surface area contributed by atoms with E-state index in [0.29, 0.717) is 0 Å². The van der Waals surface area contributed by atoms with Crippen LogP contribution < -0.4 is 4.72 Å². The number of carbonyl (C=O) groups is 1. The second kappa shape index (κ2) is 5.69. The molecule has 0 radical (unpaired) electrons. The van der Waals surface area contributed by atoms with Crippen LogP contribution >= 0.6 is 0 Å². The molecule has 102 valence electrons. The van der Waals surface area contributed by atoms with Crippen molar-refractivity contribution in [1.82, 2.24) is 4.72 Å². The lowest BCUT2D eigenvalue weighted by Crippen LogP contribution is -2.28. The molecule has 1 rings (SSSR count). The Morgan fingerprint density at radius 1 is 1.53 bits per heavy atom. The number of nitrogens with one attached hydrogen (secondary N) is 1. The van der Waals surface area contributed by atoms with Crippen molar-refractivity contribution in [3.63, 3.8) is 0 Å². The monoisotopic (exact) mass is 284 g/mol. The Kier molecular flexibility index (Phi) is 4.47. The van der Waals surface area contributed by atoms with Crippen molar-refractivity contribution < 1.29 is 23.4 Å². The molecule has 7 nitrogen and oxygen atoms in total. The molecule has 0 amide bonds. The van der Waals surface area contributed by atoms with E-state index in [1.54, 1.807) is 6.92 Å². The lowest BCUT2D eigenvalue weighted by atomic mass is 10.2. The van der Waals surface area contributed by atoms with Crippen LogP contribution in [0.1, 0.15) is 17.3 Å². The molecule has 0 fully saturated rings. The third kappa shape index (κ3) is 3.67. The number of benzene rings is 1. The maximum Gasteiger partial charge on any atom is 0.339 e. The van der Waals surface area contributed by atoms with Crippen molar-refractivity contribution in [1.29, 1.82) is 5.26 Å². The third-order valence-electron chi connectivity index (χ3n) is 2.31. The van der Waals surface area contributed by atoms with Crippen molar-refractivity contribution in [3.8, 4) is 11.8 Å². The van der Waals surface area contributed by atoms with Gasteiger partial charge in [-0.25, -0.2) is 17.9 Å². The number of hydrogen-bond donors (Lipinski definition) is 3. The summed E-state index contributed by atoms with van der Waals surface area (Å²) in [5.74, 6) is -2.46. The summed E-state index contributed by atoms with van der Waals surface area (Å²) in [5.41, 5.74) is -0.504. The van der Waals surface area contributed by atoms with Gasteiger partial charge in [-0.3, -0.25) is 0 Å². The Morgan fingerprint density at radius 3 is 2.68 bits per heavy atom. The van der Waals surface area contributed by atoms with Gasteiger partial charge in [0, 0.05) is 6.54 Å². The Bertz CT molecular complexity index is 633. The molecule has 0 saturated heterocycles. The highest BCUT2D eigenvalue weighted by molar-refractivity contribution is 7.89. The summed E-state index contributed by atoms with van der Waals surface area (Å²) < 4.78 is 25.9. The minimum Gasteiger partial charge on any atom is -0.507 e. The number of carboxylic acids is 1. The maximum absolute atomic E-state index is 11.8. The fourth-order valence-corrected chi connectivity index (χ4v) is 2.37. The summed E-state index contributed by atoms with van der Waals surface area (Å²) in [5, 5.41) is 26.6. The van der Waals surface area contributed by atoms with E-state index in [0.717, 1.165) is 18.2 Å². The van der Waals surface area contributed by atoms with Gasteiger partial charge in [-0.05, 0) is 25.1 Å². The van der Waals surface area contributed by atoms with Gasteiger partial charge in [0.25, 0.3) is 0 Å². The van der Waals surface area contributed by atoms with E-state index in [4.69, 9.17) is 10.4 Å². The SMILES string of the molecule is CC(C#N)CNS(=O)(=O)c1ccc(O)c(C(=O)O)c1. The average molecular weight is 284 g/mol. The van der Waals surface area contributed by atoms with Gasteiger partial charge in [-0.2, -0.15) is 5.26 Å². The molecule has 1 aromatic carbocycles. The normalized spacial score (nSPS) is 12.6. The zero-order valence-corrected chi connectivity index (χ0v) is 10.8. The Hall–Kier alpha value is -2.11. The van der Waals surface area contributed by atoms with Crippen LogP contribution in [0.2, 0.25) is 0 Å². The molecule has 0 aliphatic heterocycles. The van der Waals surface area contributed by atoms with E-state index in [1.165, 1.54) is 0 Å². The highest BCUT2D eigenvalue weighted by Crippen LogP contribution is 2.21. The van der Waals surface area contributed by atoms with Crippen molar-refractivity contribution >= 4 is 16.0 Å². The first-order valence-electron chi connectivity index (χ1n) is 5.23. The first-order chi connectivity index (χ1) is 8.77. The molecular weight excluding hydrogens is 272 g/mol. The van der Waals surface area contributed by atoms with E-state index < -0.39 is 33.2 Å². The van der Waals surface area contributed by atoms with Crippen LogP contribution in [0.4, 0.5) is 0 Å². The zero-order valence-electron chi connectivity index (χ0n) is 9.99. The van der Waals surface area contributed by atoms with Crippen molar-refractivity contribution in [2.45, 2.75) is 11.8 Å². The van der Waals surface area contributed by atoms with Crippen LogP contribution in [0.15, 0.2) is 23.1 Å². The number of nitrogens with zero attached hydrogens (tertiary/aromatic N) is 1. The number of carboxylic acid groups (broad SMARTS) is 1. The van der Waals surface area contributed by atoms with Gasteiger partial charge >= 0.3 is 5.97 Å². The summed E-state index contributed by atoms with van der Waals surface area (Å²) in [6.45, 7) is 1.46. The number of nitriles is 1. The van der Waals surface area contributed by atoms with Crippen molar-refractivity contribution in [2.75, 3.05) is 6.54 Å². The van der Waals surface area contributed by atoms with Crippen LogP contribution in [0.25, 0.3) is 0 Å². The summed E-state index contributed by atoms with van der Waals surface area (Å²) in [7, 11) is -3.91. The number of rotatable bonds is 5. The third-order valence-corrected chi connectivity index (χ3v) is 3.73. The van der Waals surface area contributed by atoms with Gasteiger partial charge in [0.2, 0.25) is 10.0 Å². The molecule has 1 unspecified atom stereocenters. The fourth-order valence-electron chi connectivity index (χ4n) is 1.22. The molecule has 3 N–H and O–H groups in total. The topological polar surface area (TPSA) is 127 Å². The lowest BCUT2D eigenvalue weighted by molar-refractivity contribution is 0.0693. The molecule has 0 aromatic heterocycles. The van der Waals surface area contributed by atoms with Crippen LogP contribution in [-0.2, 0) is 10.0 Å². The number of phenols is 1. The molecule has 0 aliphatic rings. The number of aromatic hydroxyl groups is 1.